The van der Waals surface area contributed by atoms with Gasteiger partial charge in [0.25, 0.3) is 0 Å². The van der Waals surface area contributed by atoms with Crippen LogP contribution >= 0.6 is 11.3 Å². The number of hydrogen-bond donors (Lipinski definition) is 0. The molecule has 4 heterocycles. The van der Waals surface area contributed by atoms with E-state index >= 15 is 0 Å². The van der Waals surface area contributed by atoms with E-state index in [1.807, 2.05) is 42.5 Å². The molecule has 5 heteroatoms. The van der Waals surface area contributed by atoms with Gasteiger partial charge in [0.15, 0.2) is 0 Å². The number of aromatic nitrogens is 1. The molecule has 0 aliphatic rings. The van der Waals surface area contributed by atoms with Crippen LogP contribution in [0.4, 0.5) is 0 Å². The van der Waals surface area contributed by atoms with Gasteiger partial charge in [-0.25, -0.2) is 11.3 Å². The molecule has 4 aromatic carbocycles. The number of fused-ring (bicyclic) bond motifs is 7. The van der Waals surface area contributed by atoms with Gasteiger partial charge in [-0.3, -0.25) is 0 Å². The zero-order chi connectivity index (χ0) is 22.9. The number of benzene rings is 4. The quantitative estimate of drug-likeness (QED) is 0.174. The second-order valence-electron chi connectivity index (χ2n) is 8.73. The summed E-state index contributed by atoms with van der Waals surface area (Å²) in [5.41, 5.74) is 6.54. The third kappa shape index (κ3) is 3.25. The summed E-state index contributed by atoms with van der Waals surface area (Å²) in [4.78, 5) is 7.03. The molecule has 0 unspecified atom stereocenters. The fourth-order valence-corrected chi connectivity index (χ4v) is 5.83. The smallest absolute Gasteiger partial charge is 0.139 e. The Bertz CT molecular complexity index is 2080. The summed E-state index contributed by atoms with van der Waals surface area (Å²) in [5, 5.41) is 5.57. The van der Waals surface area contributed by atoms with Gasteiger partial charge in [0, 0.05) is 47.7 Å². The Morgan fingerprint density at radius 1 is 0.639 bits per heavy atom. The van der Waals surface area contributed by atoms with Gasteiger partial charge in [-0.2, -0.15) is 12.1 Å². The van der Waals surface area contributed by atoms with Crippen LogP contribution in [-0.2, 0) is 20.1 Å². The molecule has 0 amide bonds. The molecular formula is C31H16IrNO2S-. The van der Waals surface area contributed by atoms with E-state index in [9.17, 15) is 0 Å². The largest absolute Gasteiger partial charge is 0.456 e. The molecule has 0 saturated heterocycles. The van der Waals surface area contributed by atoms with Gasteiger partial charge in [0.1, 0.15) is 22.3 Å². The Hall–Kier alpha value is -3.76. The van der Waals surface area contributed by atoms with Crippen molar-refractivity contribution in [3.63, 3.8) is 0 Å². The normalized spacial score (nSPS) is 11.7. The van der Waals surface area contributed by atoms with Gasteiger partial charge in [-0.05, 0) is 35.3 Å². The van der Waals surface area contributed by atoms with Gasteiger partial charge in [-0.15, -0.1) is 0 Å². The third-order valence-electron chi connectivity index (χ3n) is 6.63. The Morgan fingerprint density at radius 3 is 2.31 bits per heavy atom. The summed E-state index contributed by atoms with van der Waals surface area (Å²) in [6.45, 7) is 0. The van der Waals surface area contributed by atoms with E-state index in [1.54, 1.807) is 11.3 Å². The molecule has 8 aromatic rings. The number of furan rings is 2. The zero-order valence-corrected chi connectivity index (χ0v) is 22.0. The van der Waals surface area contributed by atoms with Crippen LogP contribution in [0.5, 0.6) is 0 Å². The molecule has 36 heavy (non-hydrogen) atoms. The van der Waals surface area contributed by atoms with Gasteiger partial charge < -0.3 is 13.8 Å². The second-order valence-corrected chi connectivity index (χ2v) is 9.78. The molecule has 1 radical (unpaired) electrons. The molecule has 0 bridgehead atoms. The molecule has 0 fully saturated rings. The Balaban J connectivity index is 0.00000220. The average molecular weight is 659 g/mol. The molecular weight excluding hydrogens is 643 g/mol. The summed E-state index contributed by atoms with van der Waals surface area (Å²) in [6.07, 6.45) is 0. The fourth-order valence-electron chi connectivity index (χ4n) is 4.91. The van der Waals surface area contributed by atoms with Gasteiger partial charge in [0.2, 0.25) is 0 Å². The molecule has 8 rings (SSSR count). The molecule has 0 aliphatic carbocycles. The van der Waals surface area contributed by atoms with Crippen molar-refractivity contribution in [1.29, 1.82) is 0 Å². The maximum atomic E-state index is 6.19. The Kier molecular flexibility index (Phi) is 4.87. The standard InChI is InChI=1S/C31H16NO2S.Ir/c1-3-7-24-18(5-1)9-11-25(32-24)31-14-13-30(35-31)19-10-12-27-21(15-19)23-16-22-20-6-2-4-8-26(20)33-28(22)17-29(23)34-27;/h1-13,15-17H;/q-1;. The van der Waals surface area contributed by atoms with Crippen LogP contribution in [0.1, 0.15) is 0 Å². The van der Waals surface area contributed by atoms with Crippen LogP contribution in [0.2, 0.25) is 0 Å². The topological polar surface area (TPSA) is 39.2 Å². The summed E-state index contributed by atoms with van der Waals surface area (Å²) in [5.74, 6) is 0. The monoisotopic (exact) mass is 659 g/mol. The summed E-state index contributed by atoms with van der Waals surface area (Å²) >= 11 is 1.71. The zero-order valence-electron chi connectivity index (χ0n) is 18.7. The molecule has 0 spiro atoms. The minimum Gasteiger partial charge on any atom is -0.456 e. The number of nitrogens with zero attached hydrogens (tertiary/aromatic N) is 1. The number of para-hydroxylation sites is 2. The summed E-state index contributed by atoms with van der Waals surface area (Å²) < 4.78 is 12.2. The first-order valence-electron chi connectivity index (χ1n) is 11.5. The fraction of sp³-hybridized carbons (Fsp3) is 0. The van der Waals surface area contributed by atoms with Crippen molar-refractivity contribution in [2.75, 3.05) is 0 Å². The molecule has 0 atom stereocenters. The van der Waals surface area contributed by atoms with Crippen molar-refractivity contribution in [2.45, 2.75) is 0 Å². The van der Waals surface area contributed by atoms with E-state index in [4.69, 9.17) is 13.8 Å². The van der Waals surface area contributed by atoms with Crippen molar-refractivity contribution in [1.82, 2.24) is 4.98 Å². The SMILES string of the molecule is [Ir].[c-]1cc(-c2ccc3oc4cc5oc6ccccc6c5cc4c3c2)sc1-c1ccc2ccccc2n1. The molecule has 0 N–H and O–H groups in total. The first-order chi connectivity index (χ1) is 17.3. The third-order valence-corrected chi connectivity index (χ3v) is 7.74. The maximum Gasteiger partial charge on any atom is 0.139 e. The van der Waals surface area contributed by atoms with Crippen LogP contribution in [0.3, 0.4) is 0 Å². The van der Waals surface area contributed by atoms with Crippen LogP contribution in [0.15, 0.2) is 106 Å². The van der Waals surface area contributed by atoms with Crippen LogP contribution in [-0.4, -0.2) is 4.98 Å². The second kappa shape index (κ2) is 8.14. The maximum absolute atomic E-state index is 6.19. The number of hydrogen-bond acceptors (Lipinski definition) is 4. The van der Waals surface area contributed by atoms with E-state index in [1.165, 1.54) is 0 Å². The van der Waals surface area contributed by atoms with Gasteiger partial charge in [-0.1, -0.05) is 76.0 Å². The Labute approximate surface area is 223 Å². The van der Waals surface area contributed by atoms with E-state index in [2.05, 4.69) is 60.7 Å². The van der Waals surface area contributed by atoms with Crippen molar-refractivity contribution in [3.8, 4) is 21.0 Å². The van der Waals surface area contributed by atoms with Crippen molar-refractivity contribution < 1.29 is 28.9 Å². The summed E-state index contributed by atoms with van der Waals surface area (Å²) in [7, 11) is 0. The first kappa shape index (κ1) is 21.5. The van der Waals surface area contributed by atoms with Gasteiger partial charge in [0.05, 0.1) is 5.52 Å². The number of rotatable bonds is 2. The summed E-state index contributed by atoms with van der Waals surface area (Å²) in [6, 6.07) is 36.6. The van der Waals surface area contributed by atoms with E-state index < -0.39 is 0 Å². The number of thiophene rings is 1. The predicted molar refractivity (Wildman–Crippen MR) is 144 cm³/mol. The van der Waals surface area contributed by atoms with Crippen molar-refractivity contribution >= 4 is 66.1 Å². The van der Waals surface area contributed by atoms with E-state index in [0.29, 0.717) is 0 Å². The predicted octanol–water partition coefficient (Wildman–Crippen LogP) is 9.23. The molecule has 0 saturated carbocycles. The van der Waals surface area contributed by atoms with Crippen LogP contribution in [0.25, 0.3) is 75.8 Å². The van der Waals surface area contributed by atoms with Gasteiger partial charge >= 0.3 is 0 Å². The van der Waals surface area contributed by atoms with E-state index in [0.717, 1.165) is 75.8 Å². The first-order valence-corrected chi connectivity index (χ1v) is 12.3. The Morgan fingerprint density at radius 2 is 1.39 bits per heavy atom. The van der Waals surface area contributed by atoms with Crippen LogP contribution < -0.4 is 0 Å². The van der Waals surface area contributed by atoms with Crippen LogP contribution in [0, 0.1) is 6.07 Å². The molecule has 173 valence electrons. The minimum absolute atomic E-state index is 0. The molecule has 4 aromatic heterocycles. The van der Waals surface area contributed by atoms with Crippen molar-refractivity contribution in [3.05, 3.63) is 103 Å². The van der Waals surface area contributed by atoms with Crippen molar-refractivity contribution in [2.24, 2.45) is 0 Å². The minimum atomic E-state index is 0. The van der Waals surface area contributed by atoms with E-state index in [-0.39, 0.29) is 20.1 Å². The average Bonchev–Trinajstić information content (AvgIpc) is 3.62. The number of pyridine rings is 1. The molecule has 3 nitrogen and oxygen atoms in total. The molecule has 0 aliphatic heterocycles.